The molecular weight excluding hydrogens is 252 g/mol. The van der Waals surface area contributed by atoms with Gasteiger partial charge in [0.1, 0.15) is 0 Å². The van der Waals surface area contributed by atoms with Gasteiger partial charge in [-0.2, -0.15) is 11.8 Å². The van der Waals surface area contributed by atoms with Gasteiger partial charge in [0, 0.05) is 31.2 Å². The molecule has 2 nitrogen and oxygen atoms in total. The summed E-state index contributed by atoms with van der Waals surface area (Å²) in [5.74, 6) is 3.58. The van der Waals surface area contributed by atoms with Crippen molar-refractivity contribution in [3.63, 3.8) is 0 Å². The fourth-order valence-electron chi connectivity index (χ4n) is 4.26. The smallest absolute Gasteiger partial charge is 0.0249 e. The third-order valence-corrected chi connectivity index (χ3v) is 6.50. The Kier molecular flexibility index (Phi) is 4.76. The highest BCUT2D eigenvalue weighted by Gasteiger charge is 2.39. The minimum Gasteiger partial charge on any atom is -0.298 e. The quantitative estimate of drug-likeness (QED) is 0.768. The monoisotopic (exact) mass is 282 g/mol. The van der Waals surface area contributed by atoms with Crippen LogP contribution in [0.15, 0.2) is 0 Å². The molecule has 2 unspecified atom stereocenters. The van der Waals surface area contributed by atoms with E-state index < -0.39 is 0 Å². The minimum absolute atomic E-state index is 0.803. The lowest BCUT2D eigenvalue weighted by Gasteiger charge is -2.53. The van der Waals surface area contributed by atoms with Gasteiger partial charge < -0.3 is 0 Å². The third-order valence-electron chi connectivity index (χ3n) is 5.45. The summed E-state index contributed by atoms with van der Waals surface area (Å²) in [6, 6.07) is 2.57. The first-order valence-electron chi connectivity index (χ1n) is 8.33. The zero-order valence-electron chi connectivity index (χ0n) is 12.7. The van der Waals surface area contributed by atoms with E-state index in [4.69, 9.17) is 0 Å². The summed E-state index contributed by atoms with van der Waals surface area (Å²) in [7, 11) is 0. The molecule has 3 rings (SSSR count). The van der Waals surface area contributed by atoms with E-state index in [0.29, 0.717) is 0 Å². The van der Waals surface area contributed by atoms with Gasteiger partial charge in [-0.25, -0.2) is 0 Å². The molecule has 19 heavy (non-hydrogen) atoms. The first-order valence-corrected chi connectivity index (χ1v) is 9.48. The largest absolute Gasteiger partial charge is 0.298 e. The van der Waals surface area contributed by atoms with Crippen molar-refractivity contribution in [2.75, 3.05) is 31.1 Å². The Morgan fingerprint density at radius 3 is 2.47 bits per heavy atom. The molecule has 0 N–H and O–H groups in total. The first-order chi connectivity index (χ1) is 9.25. The predicted octanol–water partition coefficient (Wildman–Crippen LogP) is 3.08. The van der Waals surface area contributed by atoms with E-state index >= 15 is 0 Å². The molecule has 0 aromatic rings. The van der Waals surface area contributed by atoms with Gasteiger partial charge in [-0.15, -0.1) is 0 Å². The van der Waals surface area contributed by atoms with Crippen LogP contribution in [0.5, 0.6) is 0 Å². The van der Waals surface area contributed by atoms with Crippen LogP contribution < -0.4 is 0 Å². The van der Waals surface area contributed by atoms with Gasteiger partial charge >= 0.3 is 0 Å². The zero-order chi connectivity index (χ0) is 13.2. The fraction of sp³-hybridized carbons (Fsp3) is 1.00. The van der Waals surface area contributed by atoms with Crippen molar-refractivity contribution in [1.82, 2.24) is 9.80 Å². The molecule has 0 aromatic carbocycles. The number of thioether (sulfide) groups is 1. The number of rotatable bonds is 2. The Morgan fingerprint density at radius 1 is 0.947 bits per heavy atom. The van der Waals surface area contributed by atoms with E-state index in [1.54, 1.807) is 0 Å². The summed E-state index contributed by atoms with van der Waals surface area (Å²) >= 11 is 2.16. The second kappa shape index (κ2) is 6.36. The topological polar surface area (TPSA) is 6.48 Å². The second-order valence-electron chi connectivity index (χ2n) is 7.00. The van der Waals surface area contributed by atoms with Crippen molar-refractivity contribution in [1.29, 1.82) is 0 Å². The van der Waals surface area contributed by atoms with E-state index in [1.165, 1.54) is 63.2 Å². The van der Waals surface area contributed by atoms with Gasteiger partial charge in [0.2, 0.25) is 0 Å². The van der Waals surface area contributed by atoms with E-state index in [9.17, 15) is 0 Å². The Morgan fingerprint density at radius 2 is 1.74 bits per heavy atom. The molecule has 0 aliphatic carbocycles. The van der Waals surface area contributed by atoms with Gasteiger partial charge in [0.15, 0.2) is 0 Å². The second-order valence-corrected chi connectivity index (χ2v) is 8.22. The maximum absolute atomic E-state index is 2.93. The van der Waals surface area contributed by atoms with Gasteiger partial charge in [0.25, 0.3) is 0 Å². The summed E-state index contributed by atoms with van der Waals surface area (Å²) in [6.45, 7) is 8.92. The summed E-state index contributed by atoms with van der Waals surface area (Å²) in [4.78, 5) is 5.74. The molecule has 3 saturated heterocycles. The van der Waals surface area contributed by atoms with Crippen molar-refractivity contribution in [2.45, 2.75) is 64.1 Å². The highest BCUT2D eigenvalue weighted by atomic mass is 32.2. The van der Waals surface area contributed by atoms with Crippen molar-refractivity contribution < 1.29 is 0 Å². The molecule has 3 aliphatic rings. The number of piperazine rings is 1. The number of nitrogens with zero attached hydrogens (tertiary/aromatic N) is 2. The minimum atomic E-state index is 0.803. The van der Waals surface area contributed by atoms with Crippen LogP contribution in [0, 0.1) is 5.92 Å². The third kappa shape index (κ3) is 3.14. The van der Waals surface area contributed by atoms with Crippen molar-refractivity contribution in [3.8, 4) is 0 Å². The highest BCUT2D eigenvalue weighted by Crippen LogP contribution is 2.32. The lowest BCUT2D eigenvalue weighted by atomic mass is 9.90. The summed E-state index contributed by atoms with van der Waals surface area (Å²) in [5, 5.41) is 0. The summed E-state index contributed by atoms with van der Waals surface area (Å²) in [6.07, 6.45) is 7.20. The Labute approximate surface area is 123 Å². The molecule has 3 aliphatic heterocycles. The van der Waals surface area contributed by atoms with Crippen LogP contribution in [0.1, 0.15) is 46.0 Å². The van der Waals surface area contributed by atoms with Crippen molar-refractivity contribution in [2.24, 2.45) is 5.92 Å². The fourth-order valence-corrected chi connectivity index (χ4v) is 5.34. The first kappa shape index (κ1) is 14.2. The molecule has 0 radical (unpaired) electrons. The molecule has 0 bridgehead atoms. The van der Waals surface area contributed by atoms with Crippen LogP contribution in [-0.4, -0.2) is 59.1 Å². The van der Waals surface area contributed by atoms with Crippen LogP contribution in [0.3, 0.4) is 0 Å². The molecule has 2 atom stereocenters. The SMILES string of the molecule is CC(C)C1CN2CCCCC2CN1C1CCSCC1. The molecule has 3 heterocycles. The Bertz CT molecular complexity index is 288. The predicted molar refractivity (Wildman–Crippen MR) is 84.9 cm³/mol. The average molecular weight is 282 g/mol. The molecular formula is C16H30N2S. The molecule has 3 heteroatoms. The number of fused-ring (bicyclic) bond motifs is 1. The van der Waals surface area contributed by atoms with Gasteiger partial charge in [-0.05, 0) is 49.7 Å². The Balaban J connectivity index is 1.71. The van der Waals surface area contributed by atoms with Crippen LogP contribution in [0.25, 0.3) is 0 Å². The summed E-state index contributed by atoms with van der Waals surface area (Å²) < 4.78 is 0. The van der Waals surface area contributed by atoms with E-state index in [-0.39, 0.29) is 0 Å². The van der Waals surface area contributed by atoms with Crippen LogP contribution >= 0.6 is 11.8 Å². The maximum atomic E-state index is 2.93. The molecule has 110 valence electrons. The Hall–Kier alpha value is 0.270. The highest BCUT2D eigenvalue weighted by molar-refractivity contribution is 7.99. The van der Waals surface area contributed by atoms with Crippen LogP contribution in [0.4, 0.5) is 0 Å². The molecule has 0 aromatic heterocycles. The van der Waals surface area contributed by atoms with Gasteiger partial charge in [-0.3, -0.25) is 9.80 Å². The van der Waals surface area contributed by atoms with E-state index in [0.717, 1.165) is 24.0 Å². The number of hydrogen-bond acceptors (Lipinski definition) is 3. The lowest BCUT2D eigenvalue weighted by Crippen LogP contribution is -2.63. The van der Waals surface area contributed by atoms with Crippen molar-refractivity contribution >= 4 is 11.8 Å². The molecule has 0 spiro atoms. The normalized spacial score (nSPS) is 35.5. The van der Waals surface area contributed by atoms with Crippen molar-refractivity contribution in [3.05, 3.63) is 0 Å². The van der Waals surface area contributed by atoms with Crippen LogP contribution in [0.2, 0.25) is 0 Å². The number of hydrogen-bond donors (Lipinski definition) is 0. The molecule has 3 fully saturated rings. The van der Waals surface area contributed by atoms with Gasteiger partial charge in [-0.1, -0.05) is 20.3 Å². The standard InChI is InChI=1S/C16H30N2S/c1-13(2)16-12-17-8-4-3-5-15(17)11-18(16)14-6-9-19-10-7-14/h13-16H,3-12H2,1-2H3. The molecule has 0 amide bonds. The maximum Gasteiger partial charge on any atom is 0.0249 e. The zero-order valence-corrected chi connectivity index (χ0v) is 13.5. The lowest BCUT2D eigenvalue weighted by molar-refractivity contribution is -0.0316. The average Bonchev–Trinajstić information content (AvgIpc) is 2.46. The molecule has 0 saturated carbocycles. The van der Waals surface area contributed by atoms with Crippen LogP contribution in [-0.2, 0) is 0 Å². The number of piperidine rings is 1. The van der Waals surface area contributed by atoms with E-state index in [1.807, 2.05) is 0 Å². The van der Waals surface area contributed by atoms with E-state index in [2.05, 4.69) is 35.4 Å². The summed E-state index contributed by atoms with van der Waals surface area (Å²) in [5.41, 5.74) is 0. The van der Waals surface area contributed by atoms with Gasteiger partial charge in [0.05, 0.1) is 0 Å².